The summed E-state index contributed by atoms with van der Waals surface area (Å²) in [6.07, 6.45) is 1.30. The van der Waals surface area contributed by atoms with E-state index in [2.05, 4.69) is 10.3 Å². The highest BCUT2D eigenvalue weighted by Crippen LogP contribution is 2.18. The number of rotatable bonds is 5. The van der Waals surface area contributed by atoms with Crippen LogP contribution in [0.15, 0.2) is 12.3 Å². The summed E-state index contributed by atoms with van der Waals surface area (Å²) in [4.78, 5) is 26.8. The number of pyridine rings is 1. The minimum absolute atomic E-state index is 0.0164. The lowest BCUT2D eigenvalue weighted by Gasteiger charge is -2.08. The van der Waals surface area contributed by atoms with Gasteiger partial charge in [0.1, 0.15) is 12.2 Å². The summed E-state index contributed by atoms with van der Waals surface area (Å²) in [7, 11) is 0. The number of esters is 1. The van der Waals surface area contributed by atoms with Crippen molar-refractivity contribution in [1.29, 1.82) is 0 Å². The highest BCUT2D eigenvalue weighted by Gasteiger charge is 2.14. The standard InChI is InChI=1S/C12H14Cl2N2O3/c1-7(2)6-19-10(17)5-16-12(18)11-9(14)3-8(13)4-15-11/h3-4,7H,5-6H2,1-2H3,(H,16,18). The second-order valence-corrected chi connectivity index (χ2v) is 5.09. The van der Waals surface area contributed by atoms with Crippen molar-refractivity contribution >= 4 is 35.1 Å². The molecule has 0 spiro atoms. The number of aromatic nitrogens is 1. The highest BCUT2D eigenvalue weighted by atomic mass is 35.5. The van der Waals surface area contributed by atoms with Crippen molar-refractivity contribution in [3.8, 4) is 0 Å². The van der Waals surface area contributed by atoms with E-state index < -0.39 is 11.9 Å². The average molecular weight is 305 g/mol. The van der Waals surface area contributed by atoms with Gasteiger partial charge in [-0.05, 0) is 12.0 Å². The van der Waals surface area contributed by atoms with E-state index in [1.807, 2.05) is 13.8 Å². The summed E-state index contributed by atoms with van der Waals surface area (Å²) in [6, 6.07) is 1.40. The van der Waals surface area contributed by atoms with Crippen molar-refractivity contribution in [2.24, 2.45) is 5.92 Å². The number of hydrogen-bond donors (Lipinski definition) is 1. The van der Waals surface area contributed by atoms with Gasteiger partial charge in [0.15, 0.2) is 0 Å². The molecule has 104 valence electrons. The maximum atomic E-state index is 11.7. The number of carbonyl (C=O) groups excluding carboxylic acids is 2. The number of nitrogens with one attached hydrogen (secondary N) is 1. The maximum Gasteiger partial charge on any atom is 0.325 e. The minimum Gasteiger partial charge on any atom is -0.464 e. The van der Waals surface area contributed by atoms with Gasteiger partial charge in [-0.15, -0.1) is 0 Å². The van der Waals surface area contributed by atoms with E-state index in [1.165, 1.54) is 12.3 Å². The number of hydrogen-bond acceptors (Lipinski definition) is 4. The molecule has 1 heterocycles. The molecule has 0 aromatic carbocycles. The van der Waals surface area contributed by atoms with Crippen molar-refractivity contribution in [3.63, 3.8) is 0 Å². The van der Waals surface area contributed by atoms with Crippen LogP contribution in [0.5, 0.6) is 0 Å². The van der Waals surface area contributed by atoms with Crippen LogP contribution in [0.25, 0.3) is 0 Å². The second kappa shape index (κ2) is 7.31. The Bertz CT molecular complexity index is 478. The predicted octanol–water partition coefficient (Wildman–Crippen LogP) is 2.32. The molecule has 1 rings (SSSR count). The molecular weight excluding hydrogens is 291 g/mol. The van der Waals surface area contributed by atoms with Crippen molar-refractivity contribution in [2.45, 2.75) is 13.8 Å². The van der Waals surface area contributed by atoms with Gasteiger partial charge in [0.05, 0.1) is 16.7 Å². The SMILES string of the molecule is CC(C)COC(=O)CNC(=O)c1ncc(Cl)cc1Cl. The zero-order valence-electron chi connectivity index (χ0n) is 10.6. The molecule has 1 aromatic heterocycles. The molecule has 0 saturated carbocycles. The third-order valence-corrected chi connectivity index (χ3v) is 2.49. The Morgan fingerprint density at radius 1 is 1.42 bits per heavy atom. The predicted molar refractivity (Wildman–Crippen MR) is 72.4 cm³/mol. The molecule has 0 fully saturated rings. The third kappa shape index (κ3) is 5.44. The van der Waals surface area contributed by atoms with Crippen LogP contribution in [-0.2, 0) is 9.53 Å². The van der Waals surface area contributed by atoms with E-state index in [0.717, 1.165) is 0 Å². The van der Waals surface area contributed by atoms with Crippen LogP contribution in [0, 0.1) is 5.92 Å². The molecule has 7 heteroatoms. The molecule has 0 aliphatic carbocycles. The molecule has 1 amide bonds. The van der Waals surface area contributed by atoms with Crippen LogP contribution >= 0.6 is 23.2 Å². The smallest absolute Gasteiger partial charge is 0.325 e. The monoisotopic (exact) mass is 304 g/mol. The van der Waals surface area contributed by atoms with Crippen molar-refractivity contribution in [2.75, 3.05) is 13.2 Å². The molecule has 0 atom stereocenters. The number of nitrogens with zero attached hydrogens (tertiary/aromatic N) is 1. The Morgan fingerprint density at radius 3 is 2.68 bits per heavy atom. The largest absolute Gasteiger partial charge is 0.464 e. The Hall–Kier alpha value is -1.33. The first-order valence-electron chi connectivity index (χ1n) is 5.65. The van der Waals surface area contributed by atoms with Crippen LogP contribution in [0.1, 0.15) is 24.3 Å². The van der Waals surface area contributed by atoms with E-state index in [1.54, 1.807) is 0 Å². The van der Waals surface area contributed by atoms with Gasteiger partial charge in [-0.25, -0.2) is 4.98 Å². The summed E-state index contributed by atoms with van der Waals surface area (Å²) >= 11 is 11.5. The summed E-state index contributed by atoms with van der Waals surface area (Å²) < 4.78 is 4.91. The van der Waals surface area contributed by atoms with Gasteiger partial charge in [-0.1, -0.05) is 37.0 Å². The molecule has 0 bridgehead atoms. The Balaban J connectivity index is 2.49. The molecule has 0 unspecified atom stereocenters. The number of carbonyl (C=O) groups is 2. The van der Waals surface area contributed by atoms with Crippen LogP contribution in [0.3, 0.4) is 0 Å². The van der Waals surface area contributed by atoms with E-state index in [0.29, 0.717) is 11.6 Å². The lowest BCUT2D eigenvalue weighted by Crippen LogP contribution is -2.31. The van der Waals surface area contributed by atoms with Gasteiger partial charge >= 0.3 is 5.97 Å². The Morgan fingerprint density at radius 2 is 2.11 bits per heavy atom. The van der Waals surface area contributed by atoms with Gasteiger partial charge in [0.25, 0.3) is 5.91 Å². The average Bonchev–Trinajstić information content (AvgIpc) is 2.33. The lowest BCUT2D eigenvalue weighted by atomic mass is 10.2. The van der Waals surface area contributed by atoms with E-state index in [9.17, 15) is 9.59 Å². The minimum atomic E-state index is -0.553. The number of amides is 1. The van der Waals surface area contributed by atoms with Crippen molar-refractivity contribution in [3.05, 3.63) is 28.0 Å². The second-order valence-electron chi connectivity index (χ2n) is 4.24. The molecule has 1 aromatic rings. The van der Waals surface area contributed by atoms with Crippen LogP contribution in [0.2, 0.25) is 10.0 Å². The lowest BCUT2D eigenvalue weighted by molar-refractivity contribution is -0.143. The topological polar surface area (TPSA) is 68.3 Å². The van der Waals surface area contributed by atoms with Gasteiger partial charge in [-0.2, -0.15) is 0 Å². The Labute approximate surface area is 121 Å². The quantitative estimate of drug-likeness (QED) is 0.848. The Kier molecular flexibility index (Phi) is 6.05. The number of halogens is 2. The van der Waals surface area contributed by atoms with Crippen molar-refractivity contribution < 1.29 is 14.3 Å². The van der Waals surface area contributed by atoms with Crippen LogP contribution in [-0.4, -0.2) is 30.0 Å². The number of ether oxygens (including phenoxy) is 1. The molecule has 0 radical (unpaired) electrons. The fourth-order valence-electron chi connectivity index (χ4n) is 1.13. The molecule has 0 saturated heterocycles. The molecule has 0 aliphatic rings. The van der Waals surface area contributed by atoms with E-state index in [-0.39, 0.29) is 23.2 Å². The van der Waals surface area contributed by atoms with Crippen molar-refractivity contribution in [1.82, 2.24) is 10.3 Å². The van der Waals surface area contributed by atoms with E-state index in [4.69, 9.17) is 27.9 Å². The first-order valence-corrected chi connectivity index (χ1v) is 6.40. The summed E-state index contributed by atoms with van der Waals surface area (Å²) in [5.41, 5.74) is 0.0164. The molecular formula is C12H14Cl2N2O3. The zero-order valence-corrected chi connectivity index (χ0v) is 12.1. The van der Waals surface area contributed by atoms with Crippen LogP contribution in [0.4, 0.5) is 0 Å². The normalized spacial score (nSPS) is 10.4. The van der Waals surface area contributed by atoms with Crippen LogP contribution < -0.4 is 5.32 Å². The van der Waals surface area contributed by atoms with Gasteiger partial charge in [0.2, 0.25) is 0 Å². The molecule has 0 aliphatic heterocycles. The highest BCUT2D eigenvalue weighted by molar-refractivity contribution is 6.36. The summed E-state index contributed by atoms with van der Waals surface area (Å²) in [5.74, 6) is -0.817. The molecule has 5 nitrogen and oxygen atoms in total. The first kappa shape index (κ1) is 15.7. The zero-order chi connectivity index (χ0) is 14.4. The summed E-state index contributed by atoms with van der Waals surface area (Å²) in [6.45, 7) is 3.92. The fraction of sp³-hybridized carbons (Fsp3) is 0.417. The molecule has 19 heavy (non-hydrogen) atoms. The van der Waals surface area contributed by atoms with Gasteiger partial charge < -0.3 is 10.1 Å². The third-order valence-electron chi connectivity index (χ3n) is 1.99. The van der Waals surface area contributed by atoms with Gasteiger partial charge in [0, 0.05) is 6.20 Å². The maximum absolute atomic E-state index is 11.7. The first-order chi connectivity index (χ1) is 8.90. The molecule has 1 N–H and O–H groups in total. The van der Waals surface area contributed by atoms with Gasteiger partial charge in [-0.3, -0.25) is 9.59 Å². The summed E-state index contributed by atoms with van der Waals surface area (Å²) in [5, 5.41) is 2.84. The fourth-order valence-corrected chi connectivity index (χ4v) is 1.59. The van der Waals surface area contributed by atoms with E-state index >= 15 is 0 Å².